The van der Waals surface area contributed by atoms with Crippen LogP contribution in [0.3, 0.4) is 0 Å². The number of benzene rings is 2. The number of hydrogen-bond donors (Lipinski definition) is 3. The molecule has 0 spiro atoms. The van der Waals surface area contributed by atoms with E-state index in [-0.39, 0.29) is 5.91 Å². The van der Waals surface area contributed by atoms with Gasteiger partial charge in [-0.05, 0) is 62.4 Å². The molecular weight excluding hydrogens is 432 g/mol. The molecule has 164 valence electrons. The largest absolute Gasteiger partial charge is 0.397 e. The van der Waals surface area contributed by atoms with Gasteiger partial charge in [-0.3, -0.25) is 9.20 Å². The highest BCUT2D eigenvalue weighted by molar-refractivity contribution is 7.16. The van der Waals surface area contributed by atoms with E-state index in [9.17, 15) is 4.79 Å². The van der Waals surface area contributed by atoms with Crippen molar-refractivity contribution < 1.29 is 4.79 Å². The number of anilines is 4. The summed E-state index contributed by atoms with van der Waals surface area (Å²) in [6, 6.07) is 20.4. The molecule has 0 atom stereocenters. The molecule has 3 aromatic heterocycles. The standard InChI is InChI=1S/C25H22N6OS/c1-15-23(31-14-6-5-9-21(31)27-15)22-16(2)33-25(30-22)28-18-12-10-17(11-13-18)24(32)29-20-8-4-3-7-19(20)26/h3-14H,26H2,1-2H3,(H,28,30)(H,29,32). The first-order chi connectivity index (χ1) is 16.0. The van der Waals surface area contributed by atoms with E-state index < -0.39 is 0 Å². The number of carbonyl (C=O) groups excluding carboxylic acids is 1. The number of aromatic nitrogens is 3. The summed E-state index contributed by atoms with van der Waals surface area (Å²) in [5.41, 5.74) is 12.2. The Morgan fingerprint density at radius 1 is 0.970 bits per heavy atom. The predicted octanol–water partition coefficient (Wildman–Crippen LogP) is 5.65. The van der Waals surface area contributed by atoms with Gasteiger partial charge in [0.2, 0.25) is 0 Å². The predicted molar refractivity (Wildman–Crippen MR) is 134 cm³/mol. The lowest BCUT2D eigenvalue weighted by Gasteiger charge is -2.08. The summed E-state index contributed by atoms with van der Waals surface area (Å²) in [6.45, 7) is 4.06. The lowest BCUT2D eigenvalue weighted by Crippen LogP contribution is -2.13. The van der Waals surface area contributed by atoms with Crippen molar-refractivity contribution in [3.63, 3.8) is 0 Å². The summed E-state index contributed by atoms with van der Waals surface area (Å²) in [6.07, 6.45) is 2.00. The van der Waals surface area contributed by atoms with E-state index in [0.29, 0.717) is 16.9 Å². The molecule has 8 heteroatoms. The maximum absolute atomic E-state index is 12.5. The molecule has 0 bridgehead atoms. The number of thiazole rings is 1. The van der Waals surface area contributed by atoms with Crippen LogP contribution >= 0.6 is 11.3 Å². The SMILES string of the molecule is Cc1nc2ccccn2c1-c1nc(Nc2ccc(C(=O)Nc3ccccc3N)cc2)sc1C. The number of para-hydroxylation sites is 2. The van der Waals surface area contributed by atoms with Crippen molar-refractivity contribution in [3.8, 4) is 11.4 Å². The Hall–Kier alpha value is -4.17. The number of fused-ring (bicyclic) bond motifs is 1. The minimum absolute atomic E-state index is 0.213. The molecule has 0 aliphatic rings. The van der Waals surface area contributed by atoms with Crippen LogP contribution < -0.4 is 16.4 Å². The van der Waals surface area contributed by atoms with E-state index in [0.717, 1.165) is 38.4 Å². The summed E-state index contributed by atoms with van der Waals surface area (Å²) in [5.74, 6) is -0.213. The third kappa shape index (κ3) is 4.04. The maximum atomic E-state index is 12.5. The summed E-state index contributed by atoms with van der Waals surface area (Å²) >= 11 is 1.58. The van der Waals surface area contributed by atoms with Gasteiger partial charge >= 0.3 is 0 Å². The van der Waals surface area contributed by atoms with Crippen molar-refractivity contribution in [1.82, 2.24) is 14.4 Å². The van der Waals surface area contributed by atoms with Gasteiger partial charge in [-0.15, -0.1) is 11.3 Å². The van der Waals surface area contributed by atoms with Crippen LogP contribution in [-0.2, 0) is 0 Å². The topological polar surface area (TPSA) is 97.3 Å². The maximum Gasteiger partial charge on any atom is 0.255 e. The quantitative estimate of drug-likeness (QED) is 0.298. The van der Waals surface area contributed by atoms with Gasteiger partial charge in [0.25, 0.3) is 5.91 Å². The first-order valence-corrected chi connectivity index (χ1v) is 11.3. The van der Waals surface area contributed by atoms with E-state index in [1.54, 1.807) is 35.6 Å². The van der Waals surface area contributed by atoms with Gasteiger partial charge in [0, 0.05) is 22.3 Å². The zero-order chi connectivity index (χ0) is 22.9. The van der Waals surface area contributed by atoms with E-state index in [1.807, 2.05) is 55.6 Å². The molecule has 0 radical (unpaired) electrons. The Labute approximate surface area is 194 Å². The van der Waals surface area contributed by atoms with E-state index in [2.05, 4.69) is 26.9 Å². The van der Waals surface area contributed by atoms with Crippen molar-refractivity contribution in [2.24, 2.45) is 0 Å². The monoisotopic (exact) mass is 454 g/mol. The zero-order valence-electron chi connectivity index (χ0n) is 18.2. The Kier molecular flexibility index (Phi) is 5.27. The van der Waals surface area contributed by atoms with E-state index >= 15 is 0 Å². The van der Waals surface area contributed by atoms with Crippen molar-refractivity contribution in [3.05, 3.63) is 89.1 Å². The lowest BCUT2D eigenvalue weighted by atomic mass is 10.2. The highest BCUT2D eigenvalue weighted by atomic mass is 32.1. The molecule has 7 nitrogen and oxygen atoms in total. The van der Waals surface area contributed by atoms with Crippen LogP contribution in [0.4, 0.5) is 22.2 Å². The number of imidazole rings is 1. The van der Waals surface area contributed by atoms with Gasteiger partial charge in [-0.25, -0.2) is 9.97 Å². The number of nitrogen functional groups attached to an aromatic ring is 1. The van der Waals surface area contributed by atoms with Gasteiger partial charge in [-0.2, -0.15) is 0 Å². The summed E-state index contributed by atoms with van der Waals surface area (Å²) in [4.78, 5) is 23.1. The molecule has 2 aromatic carbocycles. The smallest absolute Gasteiger partial charge is 0.255 e. The van der Waals surface area contributed by atoms with Crippen molar-refractivity contribution in [1.29, 1.82) is 0 Å². The molecule has 0 fully saturated rings. The van der Waals surface area contributed by atoms with Gasteiger partial charge < -0.3 is 16.4 Å². The Bertz CT molecular complexity index is 1470. The fourth-order valence-corrected chi connectivity index (χ4v) is 4.54. The number of amides is 1. The lowest BCUT2D eigenvalue weighted by molar-refractivity contribution is 0.102. The first-order valence-electron chi connectivity index (χ1n) is 10.4. The average Bonchev–Trinajstić information content (AvgIpc) is 3.33. The second kappa shape index (κ2) is 8.40. The average molecular weight is 455 g/mol. The van der Waals surface area contributed by atoms with Crippen LogP contribution in [0.2, 0.25) is 0 Å². The van der Waals surface area contributed by atoms with Crippen LogP contribution in [0.25, 0.3) is 17.0 Å². The van der Waals surface area contributed by atoms with Gasteiger partial charge in [0.15, 0.2) is 5.13 Å². The molecule has 0 unspecified atom stereocenters. The van der Waals surface area contributed by atoms with Crippen LogP contribution in [0.5, 0.6) is 0 Å². The Balaban J connectivity index is 1.35. The minimum Gasteiger partial charge on any atom is -0.397 e. The number of rotatable bonds is 5. The number of nitrogens with two attached hydrogens (primary N) is 1. The van der Waals surface area contributed by atoms with E-state index in [4.69, 9.17) is 10.7 Å². The normalized spacial score (nSPS) is 11.0. The minimum atomic E-state index is -0.213. The highest BCUT2D eigenvalue weighted by Gasteiger charge is 2.17. The molecule has 5 rings (SSSR count). The number of pyridine rings is 1. The number of aryl methyl sites for hydroxylation is 2. The summed E-state index contributed by atoms with van der Waals surface area (Å²) < 4.78 is 2.06. The molecule has 0 aliphatic heterocycles. The number of nitrogens with one attached hydrogen (secondary N) is 2. The summed E-state index contributed by atoms with van der Waals surface area (Å²) in [7, 11) is 0. The van der Waals surface area contributed by atoms with Crippen LogP contribution in [0.1, 0.15) is 20.9 Å². The van der Waals surface area contributed by atoms with Crippen LogP contribution in [0.15, 0.2) is 72.9 Å². The molecule has 0 saturated carbocycles. The fourth-order valence-electron chi connectivity index (χ4n) is 3.70. The van der Waals surface area contributed by atoms with E-state index in [1.165, 1.54) is 0 Å². The number of carbonyl (C=O) groups is 1. The fraction of sp³-hybridized carbons (Fsp3) is 0.0800. The third-order valence-corrected chi connectivity index (χ3v) is 6.22. The van der Waals surface area contributed by atoms with Crippen LogP contribution in [-0.4, -0.2) is 20.3 Å². The molecule has 33 heavy (non-hydrogen) atoms. The van der Waals surface area contributed by atoms with Crippen molar-refractivity contribution in [2.45, 2.75) is 13.8 Å². The molecular formula is C25H22N6OS. The molecule has 5 aromatic rings. The summed E-state index contributed by atoms with van der Waals surface area (Å²) in [5, 5.41) is 6.96. The van der Waals surface area contributed by atoms with Crippen molar-refractivity contribution in [2.75, 3.05) is 16.4 Å². The molecule has 4 N–H and O–H groups in total. The Morgan fingerprint density at radius 2 is 1.73 bits per heavy atom. The van der Waals surface area contributed by atoms with Gasteiger partial charge in [0.05, 0.1) is 22.8 Å². The third-order valence-electron chi connectivity index (χ3n) is 5.33. The van der Waals surface area contributed by atoms with Crippen LogP contribution in [0, 0.1) is 13.8 Å². The van der Waals surface area contributed by atoms with Gasteiger partial charge in [-0.1, -0.05) is 18.2 Å². The Morgan fingerprint density at radius 3 is 2.52 bits per heavy atom. The van der Waals surface area contributed by atoms with Gasteiger partial charge in [0.1, 0.15) is 11.3 Å². The molecule has 0 aliphatic carbocycles. The molecule has 1 amide bonds. The highest BCUT2D eigenvalue weighted by Crippen LogP contribution is 2.34. The number of nitrogens with zero attached hydrogens (tertiary/aromatic N) is 3. The molecule has 3 heterocycles. The zero-order valence-corrected chi connectivity index (χ0v) is 19.0. The first kappa shape index (κ1) is 20.7. The van der Waals surface area contributed by atoms with Crippen molar-refractivity contribution >= 4 is 45.1 Å². The number of hydrogen-bond acceptors (Lipinski definition) is 6. The second-order valence-corrected chi connectivity index (χ2v) is 8.85. The molecule has 0 saturated heterocycles. The second-order valence-electron chi connectivity index (χ2n) is 7.64.